The monoisotopic (exact) mass is 247 g/mol. The van der Waals surface area contributed by atoms with Crippen molar-refractivity contribution >= 4 is 28.7 Å². The molecule has 1 fully saturated rings. The molecule has 1 amide bonds. The fourth-order valence-electron chi connectivity index (χ4n) is 1.96. The zero-order valence-electron chi connectivity index (χ0n) is 9.82. The Kier molecular flexibility index (Phi) is 2.47. The van der Waals surface area contributed by atoms with Crippen molar-refractivity contribution in [3.63, 3.8) is 0 Å². The van der Waals surface area contributed by atoms with Gasteiger partial charge in [0.25, 0.3) is 0 Å². The van der Waals surface area contributed by atoms with Crippen LogP contribution in [0.2, 0.25) is 0 Å². The molecule has 4 N–H and O–H groups in total. The molecular formula is C10H13N7O. The number of hydrogen-bond donors (Lipinski definition) is 4. The maximum Gasteiger partial charge on any atom is 0.226 e. The molecule has 1 atom stereocenters. The molecule has 2 aromatic heterocycles. The van der Waals surface area contributed by atoms with Crippen molar-refractivity contribution in [1.29, 1.82) is 0 Å². The average molecular weight is 247 g/mol. The van der Waals surface area contributed by atoms with Crippen LogP contribution in [0.15, 0.2) is 6.20 Å². The summed E-state index contributed by atoms with van der Waals surface area (Å²) in [5.74, 6) is 1.24. The number of H-pyrrole nitrogens is 1. The van der Waals surface area contributed by atoms with Crippen LogP contribution < -0.4 is 16.0 Å². The fourth-order valence-corrected chi connectivity index (χ4v) is 1.96. The number of rotatable bonds is 3. The second-order valence-corrected chi connectivity index (χ2v) is 4.13. The second kappa shape index (κ2) is 4.13. The van der Waals surface area contributed by atoms with Gasteiger partial charge in [-0.3, -0.25) is 9.89 Å². The lowest BCUT2D eigenvalue weighted by atomic mass is 10.2. The largest absolute Gasteiger partial charge is 0.364 e. The highest BCUT2D eigenvalue weighted by atomic mass is 16.1. The van der Waals surface area contributed by atoms with E-state index in [-0.39, 0.29) is 11.9 Å². The van der Waals surface area contributed by atoms with E-state index in [0.29, 0.717) is 30.4 Å². The average Bonchev–Trinajstić information content (AvgIpc) is 2.98. The van der Waals surface area contributed by atoms with Crippen molar-refractivity contribution < 1.29 is 4.79 Å². The van der Waals surface area contributed by atoms with Gasteiger partial charge in [-0.1, -0.05) is 0 Å². The first-order chi connectivity index (χ1) is 8.76. The molecule has 0 aromatic carbocycles. The molecule has 1 aliphatic heterocycles. The third kappa shape index (κ3) is 1.81. The summed E-state index contributed by atoms with van der Waals surface area (Å²) in [6, 6.07) is 0.0511. The minimum Gasteiger partial charge on any atom is -0.364 e. The quantitative estimate of drug-likeness (QED) is 0.593. The number of hydrogen-bond acceptors (Lipinski definition) is 6. The van der Waals surface area contributed by atoms with Crippen molar-refractivity contribution in [3.05, 3.63) is 6.20 Å². The van der Waals surface area contributed by atoms with Crippen LogP contribution in [0.3, 0.4) is 0 Å². The topological polar surface area (TPSA) is 108 Å². The number of carbonyl (C=O) groups is 1. The minimum absolute atomic E-state index is 0.0511. The molecule has 2 aromatic rings. The van der Waals surface area contributed by atoms with Gasteiger partial charge in [0, 0.05) is 20.0 Å². The second-order valence-electron chi connectivity index (χ2n) is 4.13. The number of nitrogens with one attached hydrogen (secondary N) is 4. The number of carbonyl (C=O) groups excluding carboxylic acids is 1. The van der Waals surface area contributed by atoms with E-state index in [0.717, 1.165) is 5.39 Å². The van der Waals surface area contributed by atoms with Crippen molar-refractivity contribution in [2.45, 2.75) is 12.5 Å². The molecule has 1 saturated heterocycles. The first-order valence-corrected chi connectivity index (χ1v) is 5.68. The van der Waals surface area contributed by atoms with E-state index < -0.39 is 0 Å². The van der Waals surface area contributed by atoms with E-state index in [1.165, 1.54) is 0 Å². The Morgan fingerprint density at radius 2 is 2.33 bits per heavy atom. The predicted molar refractivity (Wildman–Crippen MR) is 66.3 cm³/mol. The smallest absolute Gasteiger partial charge is 0.226 e. The van der Waals surface area contributed by atoms with Crippen molar-refractivity contribution in [1.82, 2.24) is 25.5 Å². The standard InChI is InChI=1S/C10H13N7O/c1-11-10-15-8(6-4-13-17-9(6)16-10)14-5-2-7(18)12-3-5/h4-5H,2-3H2,1H3,(H,12,18)(H3,11,13,14,15,16,17). The molecule has 3 rings (SSSR count). The van der Waals surface area contributed by atoms with E-state index in [4.69, 9.17) is 0 Å². The van der Waals surface area contributed by atoms with Crippen LogP contribution >= 0.6 is 0 Å². The predicted octanol–water partition coefficient (Wildman–Crippen LogP) is -0.305. The maximum absolute atomic E-state index is 11.2. The third-order valence-corrected chi connectivity index (χ3v) is 2.85. The lowest BCUT2D eigenvalue weighted by molar-refractivity contribution is -0.119. The summed E-state index contributed by atoms with van der Waals surface area (Å²) in [5.41, 5.74) is 0.661. The van der Waals surface area contributed by atoms with E-state index >= 15 is 0 Å². The van der Waals surface area contributed by atoms with Crippen LogP contribution in [-0.2, 0) is 4.79 Å². The molecule has 0 saturated carbocycles. The van der Waals surface area contributed by atoms with Gasteiger partial charge in [-0.2, -0.15) is 15.1 Å². The molecule has 18 heavy (non-hydrogen) atoms. The molecule has 1 aliphatic rings. The molecule has 8 nitrogen and oxygen atoms in total. The molecule has 1 unspecified atom stereocenters. The van der Waals surface area contributed by atoms with Crippen LogP contribution in [0.5, 0.6) is 0 Å². The van der Waals surface area contributed by atoms with Crippen LogP contribution in [0, 0.1) is 0 Å². The van der Waals surface area contributed by atoms with Gasteiger partial charge in [0.2, 0.25) is 11.9 Å². The fraction of sp³-hybridized carbons (Fsp3) is 0.400. The summed E-state index contributed by atoms with van der Waals surface area (Å²) in [4.78, 5) is 19.8. The first-order valence-electron chi connectivity index (χ1n) is 5.68. The normalized spacial score (nSPS) is 18.9. The van der Waals surface area contributed by atoms with Gasteiger partial charge in [0.1, 0.15) is 5.82 Å². The number of anilines is 2. The van der Waals surface area contributed by atoms with Crippen LogP contribution in [0.1, 0.15) is 6.42 Å². The van der Waals surface area contributed by atoms with Gasteiger partial charge < -0.3 is 16.0 Å². The molecule has 3 heterocycles. The number of amides is 1. The first kappa shape index (κ1) is 10.8. The number of aromatic nitrogens is 4. The highest BCUT2D eigenvalue weighted by Crippen LogP contribution is 2.21. The molecule has 8 heteroatoms. The lowest BCUT2D eigenvalue weighted by Crippen LogP contribution is -2.23. The number of fused-ring (bicyclic) bond motifs is 1. The highest BCUT2D eigenvalue weighted by Gasteiger charge is 2.22. The zero-order valence-corrected chi connectivity index (χ0v) is 9.82. The van der Waals surface area contributed by atoms with Gasteiger partial charge in [0.15, 0.2) is 5.65 Å². The minimum atomic E-state index is 0.0511. The Hall–Kier alpha value is -2.38. The summed E-state index contributed by atoms with van der Waals surface area (Å²) in [5, 5.41) is 16.5. The number of nitrogens with zero attached hydrogens (tertiary/aromatic N) is 3. The number of aromatic amines is 1. The van der Waals surface area contributed by atoms with Crippen molar-refractivity contribution in [2.24, 2.45) is 0 Å². The van der Waals surface area contributed by atoms with Gasteiger partial charge in [0.05, 0.1) is 17.6 Å². The Balaban J connectivity index is 1.94. The van der Waals surface area contributed by atoms with Gasteiger partial charge in [-0.05, 0) is 0 Å². The highest BCUT2D eigenvalue weighted by molar-refractivity contribution is 5.88. The molecule has 0 spiro atoms. The Labute approximate surface area is 103 Å². The van der Waals surface area contributed by atoms with Crippen LogP contribution in [0.4, 0.5) is 11.8 Å². The van der Waals surface area contributed by atoms with E-state index in [1.807, 2.05) is 0 Å². The van der Waals surface area contributed by atoms with Crippen molar-refractivity contribution in [2.75, 3.05) is 24.2 Å². The SMILES string of the molecule is CNc1nc(NC2CNC(=O)C2)c2cn[nH]c2n1. The Morgan fingerprint density at radius 3 is 3.06 bits per heavy atom. The van der Waals surface area contributed by atoms with Gasteiger partial charge in [-0.25, -0.2) is 0 Å². The summed E-state index contributed by atoms with van der Waals surface area (Å²) in [6.45, 7) is 0.608. The van der Waals surface area contributed by atoms with E-state index in [9.17, 15) is 4.79 Å². The summed E-state index contributed by atoms with van der Waals surface area (Å²) < 4.78 is 0. The summed E-state index contributed by atoms with van der Waals surface area (Å²) in [7, 11) is 1.75. The molecule has 0 radical (unpaired) electrons. The van der Waals surface area contributed by atoms with Crippen LogP contribution in [-0.4, -0.2) is 45.7 Å². The lowest BCUT2D eigenvalue weighted by Gasteiger charge is -2.12. The van der Waals surface area contributed by atoms with Crippen LogP contribution in [0.25, 0.3) is 11.0 Å². The third-order valence-electron chi connectivity index (χ3n) is 2.85. The van der Waals surface area contributed by atoms with E-state index in [1.54, 1.807) is 13.2 Å². The van der Waals surface area contributed by atoms with Gasteiger partial charge >= 0.3 is 0 Å². The van der Waals surface area contributed by atoms with E-state index in [2.05, 4.69) is 36.1 Å². The molecule has 0 bridgehead atoms. The molecule has 94 valence electrons. The molecular weight excluding hydrogens is 234 g/mol. The van der Waals surface area contributed by atoms with Gasteiger partial charge in [-0.15, -0.1) is 0 Å². The summed E-state index contributed by atoms with van der Waals surface area (Å²) >= 11 is 0. The molecule has 0 aliphatic carbocycles. The Morgan fingerprint density at radius 1 is 1.44 bits per heavy atom. The summed E-state index contributed by atoms with van der Waals surface area (Å²) in [6.07, 6.45) is 2.12. The Bertz CT molecular complexity index is 593. The van der Waals surface area contributed by atoms with Crippen molar-refractivity contribution in [3.8, 4) is 0 Å². The zero-order chi connectivity index (χ0) is 12.5. The maximum atomic E-state index is 11.2.